The van der Waals surface area contributed by atoms with Crippen molar-refractivity contribution >= 4 is 5.97 Å². The lowest BCUT2D eigenvalue weighted by Crippen LogP contribution is -2.04. The van der Waals surface area contributed by atoms with Crippen molar-refractivity contribution in [3.63, 3.8) is 0 Å². The van der Waals surface area contributed by atoms with Crippen LogP contribution < -0.4 is 0 Å². The maximum atomic E-state index is 13.3. The molecule has 0 saturated heterocycles. The molecule has 0 spiro atoms. The molecule has 0 aliphatic carbocycles. The first-order valence-electron chi connectivity index (χ1n) is 4.72. The van der Waals surface area contributed by atoms with Crippen molar-refractivity contribution in [1.29, 1.82) is 0 Å². The average Bonchev–Trinajstić information content (AvgIpc) is 2.28. The molecule has 17 heavy (non-hydrogen) atoms. The van der Waals surface area contributed by atoms with E-state index in [9.17, 15) is 13.6 Å². The maximum absolute atomic E-state index is 13.3. The highest BCUT2D eigenvalue weighted by Gasteiger charge is 2.17. The van der Waals surface area contributed by atoms with E-state index in [4.69, 9.17) is 5.11 Å². The molecule has 0 amide bonds. The van der Waals surface area contributed by atoms with Gasteiger partial charge in [-0.3, -0.25) is 4.98 Å². The Morgan fingerprint density at radius 3 is 2.65 bits per heavy atom. The molecule has 1 aromatic heterocycles. The van der Waals surface area contributed by atoms with Crippen molar-refractivity contribution in [1.82, 2.24) is 4.98 Å². The standard InChI is InChI=1S/C12H7F2NO2/c13-8-3-1-2-7(4-8)9-5-15-6-10(14)11(9)12(16)17/h1-6H,(H,16,17). The molecule has 0 bridgehead atoms. The zero-order valence-electron chi connectivity index (χ0n) is 8.52. The first-order valence-corrected chi connectivity index (χ1v) is 4.72. The Balaban J connectivity index is 2.67. The lowest BCUT2D eigenvalue weighted by molar-refractivity contribution is 0.0692. The predicted octanol–water partition coefficient (Wildman–Crippen LogP) is 2.73. The van der Waals surface area contributed by atoms with Crippen LogP contribution in [0.25, 0.3) is 11.1 Å². The number of aromatic carboxylic acids is 1. The highest BCUT2D eigenvalue weighted by atomic mass is 19.1. The number of rotatable bonds is 2. The van der Waals surface area contributed by atoms with E-state index in [-0.39, 0.29) is 11.1 Å². The summed E-state index contributed by atoms with van der Waals surface area (Å²) in [7, 11) is 0. The quantitative estimate of drug-likeness (QED) is 0.870. The second-order valence-electron chi connectivity index (χ2n) is 3.36. The lowest BCUT2D eigenvalue weighted by atomic mass is 10.0. The van der Waals surface area contributed by atoms with Crippen molar-refractivity contribution in [3.8, 4) is 11.1 Å². The van der Waals surface area contributed by atoms with Gasteiger partial charge in [0.1, 0.15) is 11.4 Å². The first kappa shape index (κ1) is 11.2. The smallest absolute Gasteiger partial charge is 0.339 e. The third-order valence-corrected chi connectivity index (χ3v) is 2.25. The van der Waals surface area contributed by atoms with Crippen LogP contribution in [-0.2, 0) is 0 Å². The fourth-order valence-corrected chi connectivity index (χ4v) is 1.53. The van der Waals surface area contributed by atoms with Gasteiger partial charge in [0, 0.05) is 11.8 Å². The minimum Gasteiger partial charge on any atom is -0.478 e. The number of halogens is 2. The summed E-state index contributed by atoms with van der Waals surface area (Å²) in [5, 5.41) is 8.92. The summed E-state index contributed by atoms with van der Waals surface area (Å²) in [4.78, 5) is 14.5. The fraction of sp³-hybridized carbons (Fsp3) is 0. The number of nitrogens with zero attached hydrogens (tertiary/aromatic N) is 1. The van der Waals surface area contributed by atoms with E-state index in [0.717, 1.165) is 12.3 Å². The SMILES string of the molecule is O=C(O)c1c(F)cncc1-c1cccc(F)c1. The van der Waals surface area contributed by atoms with Gasteiger partial charge in [0.25, 0.3) is 0 Å². The Morgan fingerprint density at radius 1 is 1.24 bits per heavy atom. The molecular formula is C12H7F2NO2. The van der Waals surface area contributed by atoms with Gasteiger partial charge in [-0.05, 0) is 17.7 Å². The van der Waals surface area contributed by atoms with Gasteiger partial charge in [-0.15, -0.1) is 0 Å². The third kappa shape index (κ3) is 2.13. The van der Waals surface area contributed by atoms with Gasteiger partial charge >= 0.3 is 5.97 Å². The molecule has 0 radical (unpaired) electrons. The monoisotopic (exact) mass is 235 g/mol. The van der Waals surface area contributed by atoms with Crippen LogP contribution in [0.15, 0.2) is 36.7 Å². The summed E-state index contributed by atoms with van der Waals surface area (Å²) in [5.41, 5.74) is -0.183. The van der Waals surface area contributed by atoms with E-state index < -0.39 is 23.2 Å². The largest absolute Gasteiger partial charge is 0.478 e. The molecule has 1 aromatic carbocycles. The third-order valence-electron chi connectivity index (χ3n) is 2.25. The molecule has 0 aliphatic rings. The van der Waals surface area contributed by atoms with Crippen LogP contribution in [0, 0.1) is 11.6 Å². The van der Waals surface area contributed by atoms with E-state index >= 15 is 0 Å². The summed E-state index contributed by atoms with van der Waals surface area (Å²) in [6.45, 7) is 0. The highest BCUT2D eigenvalue weighted by Crippen LogP contribution is 2.25. The molecule has 2 aromatic rings. The van der Waals surface area contributed by atoms with E-state index in [0.29, 0.717) is 0 Å². The Hall–Kier alpha value is -2.30. The van der Waals surface area contributed by atoms with Crippen molar-refractivity contribution < 1.29 is 18.7 Å². The molecular weight excluding hydrogens is 228 g/mol. The van der Waals surface area contributed by atoms with Crippen LogP contribution in [0.2, 0.25) is 0 Å². The van der Waals surface area contributed by atoms with Gasteiger partial charge < -0.3 is 5.11 Å². The van der Waals surface area contributed by atoms with Crippen LogP contribution in [0.5, 0.6) is 0 Å². The number of hydrogen-bond donors (Lipinski definition) is 1. The number of pyridine rings is 1. The van der Waals surface area contributed by atoms with Crippen molar-refractivity contribution in [2.24, 2.45) is 0 Å². The van der Waals surface area contributed by atoms with E-state index in [2.05, 4.69) is 4.98 Å². The van der Waals surface area contributed by atoms with Crippen LogP contribution in [0.3, 0.4) is 0 Å². The number of aromatic nitrogens is 1. The molecule has 2 rings (SSSR count). The van der Waals surface area contributed by atoms with E-state index in [1.165, 1.54) is 24.4 Å². The number of carboxylic acid groups (broad SMARTS) is 1. The molecule has 1 N–H and O–H groups in total. The summed E-state index contributed by atoms with van der Waals surface area (Å²) in [6.07, 6.45) is 2.01. The Kier molecular flexibility index (Phi) is 2.82. The Morgan fingerprint density at radius 2 is 2.00 bits per heavy atom. The number of carbonyl (C=O) groups is 1. The molecule has 3 nitrogen and oxygen atoms in total. The zero-order chi connectivity index (χ0) is 12.4. The lowest BCUT2D eigenvalue weighted by Gasteiger charge is -2.06. The average molecular weight is 235 g/mol. The van der Waals surface area contributed by atoms with Gasteiger partial charge in [-0.1, -0.05) is 12.1 Å². The molecule has 1 heterocycles. The zero-order valence-corrected chi connectivity index (χ0v) is 8.52. The second kappa shape index (κ2) is 4.29. The van der Waals surface area contributed by atoms with Crippen molar-refractivity contribution in [2.45, 2.75) is 0 Å². The second-order valence-corrected chi connectivity index (χ2v) is 3.36. The predicted molar refractivity (Wildman–Crippen MR) is 56.5 cm³/mol. The first-order chi connectivity index (χ1) is 8.09. The number of carboxylic acids is 1. The van der Waals surface area contributed by atoms with Gasteiger partial charge in [0.2, 0.25) is 0 Å². The highest BCUT2D eigenvalue weighted by molar-refractivity contribution is 5.95. The van der Waals surface area contributed by atoms with Crippen LogP contribution in [0.4, 0.5) is 8.78 Å². The normalized spacial score (nSPS) is 10.2. The summed E-state index contributed by atoms with van der Waals surface area (Å²) >= 11 is 0. The topological polar surface area (TPSA) is 50.2 Å². The molecule has 86 valence electrons. The van der Waals surface area contributed by atoms with E-state index in [1.807, 2.05) is 0 Å². The molecule has 0 saturated carbocycles. The van der Waals surface area contributed by atoms with Crippen LogP contribution >= 0.6 is 0 Å². The Bertz CT molecular complexity index is 584. The molecule has 0 aliphatic heterocycles. The molecule has 0 fully saturated rings. The van der Waals surface area contributed by atoms with Gasteiger partial charge in [-0.25, -0.2) is 13.6 Å². The summed E-state index contributed by atoms with van der Waals surface area (Å²) in [6, 6.07) is 5.26. The maximum Gasteiger partial charge on any atom is 0.339 e. The van der Waals surface area contributed by atoms with Gasteiger partial charge in [0.15, 0.2) is 5.82 Å². The van der Waals surface area contributed by atoms with Crippen LogP contribution in [-0.4, -0.2) is 16.1 Å². The number of hydrogen-bond acceptors (Lipinski definition) is 2. The minimum absolute atomic E-state index is 0.0528. The van der Waals surface area contributed by atoms with Crippen molar-refractivity contribution in [2.75, 3.05) is 0 Å². The minimum atomic E-state index is -1.41. The van der Waals surface area contributed by atoms with Gasteiger partial charge in [-0.2, -0.15) is 0 Å². The summed E-state index contributed by atoms with van der Waals surface area (Å²) in [5.74, 6) is -2.88. The summed E-state index contributed by atoms with van der Waals surface area (Å²) < 4.78 is 26.4. The van der Waals surface area contributed by atoms with E-state index in [1.54, 1.807) is 0 Å². The van der Waals surface area contributed by atoms with Crippen molar-refractivity contribution in [3.05, 3.63) is 53.9 Å². The van der Waals surface area contributed by atoms with Gasteiger partial charge in [0.05, 0.1) is 6.20 Å². The Labute approximate surface area is 95.4 Å². The van der Waals surface area contributed by atoms with Crippen LogP contribution in [0.1, 0.15) is 10.4 Å². The fourth-order valence-electron chi connectivity index (χ4n) is 1.53. The molecule has 5 heteroatoms. The molecule has 0 atom stereocenters. The number of benzene rings is 1. The molecule has 0 unspecified atom stereocenters.